The molecule has 3 aromatic rings. The fourth-order valence-corrected chi connectivity index (χ4v) is 2.45. The van der Waals surface area contributed by atoms with Crippen LogP contribution in [0.4, 0.5) is 4.39 Å². The summed E-state index contributed by atoms with van der Waals surface area (Å²) in [6, 6.07) is 10.5. The van der Waals surface area contributed by atoms with Crippen LogP contribution in [0.1, 0.15) is 11.1 Å². The maximum atomic E-state index is 13.1. The van der Waals surface area contributed by atoms with Crippen molar-refractivity contribution in [3.05, 3.63) is 53.3 Å². The molecule has 0 radical (unpaired) electrons. The van der Waals surface area contributed by atoms with Crippen molar-refractivity contribution >= 4 is 11.1 Å². The lowest BCUT2D eigenvalue weighted by molar-refractivity contribution is 0.614. The highest BCUT2D eigenvalue weighted by atomic mass is 19.1. The quantitative estimate of drug-likeness (QED) is 0.724. The molecule has 1 aliphatic rings. The highest BCUT2D eigenvalue weighted by molar-refractivity contribution is 5.76. The molecule has 0 fully saturated rings. The van der Waals surface area contributed by atoms with E-state index in [4.69, 9.17) is 4.42 Å². The average Bonchev–Trinajstić information content (AvgIpc) is 3.02. The molecule has 94 valence electrons. The number of halogens is 1. The van der Waals surface area contributed by atoms with Crippen molar-refractivity contribution in [2.75, 3.05) is 0 Å². The third kappa shape index (κ3) is 1.72. The van der Waals surface area contributed by atoms with Crippen LogP contribution in [0.15, 0.2) is 40.8 Å². The highest BCUT2D eigenvalue weighted by Crippen LogP contribution is 2.27. The second-order valence-corrected chi connectivity index (χ2v) is 4.72. The van der Waals surface area contributed by atoms with E-state index >= 15 is 0 Å². The first-order valence-electron chi connectivity index (χ1n) is 6.18. The Labute approximate surface area is 109 Å². The van der Waals surface area contributed by atoms with Gasteiger partial charge in [0.15, 0.2) is 5.58 Å². The van der Waals surface area contributed by atoms with Crippen LogP contribution in [0.5, 0.6) is 0 Å². The second-order valence-electron chi connectivity index (χ2n) is 4.72. The van der Waals surface area contributed by atoms with E-state index in [2.05, 4.69) is 22.4 Å². The van der Waals surface area contributed by atoms with E-state index in [-0.39, 0.29) is 5.82 Å². The zero-order chi connectivity index (χ0) is 12.8. The highest BCUT2D eigenvalue weighted by Gasteiger charge is 2.14. The number of oxazole rings is 1. The van der Waals surface area contributed by atoms with Gasteiger partial charge in [0.2, 0.25) is 5.89 Å². The molecule has 0 aliphatic carbocycles. The Balaban J connectivity index is 1.85. The van der Waals surface area contributed by atoms with Crippen molar-refractivity contribution in [3.8, 4) is 11.5 Å². The van der Waals surface area contributed by atoms with Crippen LogP contribution >= 0.6 is 0 Å². The van der Waals surface area contributed by atoms with Crippen LogP contribution < -0.4 is 5.32 Å². The number of aromatic nitrogens is 1. The van der Waals surface area contributed by atoms with E-state index in [0.717, 1.165) is 18.7 Å². The predicted molar refractivity (Wildman–Crippen MR) is 69.9 cm³/mol. The van der Waals surface area contributed by atoms with Gasteiger partial charge in [0.25, 0.3) is 0 Å². The summed E-state index contributed by atoms with van der Waals surface area (Å²) in [7, 11) is 0. The van der Waals surface area contributed by atoms with Gasteiger partial charge in [-0.1, -0.05) is 6.07 Å². The molecule has 0 bridgehead atoms. The fourth-order valence-electron chi connectivity index (χ4n) is 2.45. The molecule has 2 aromatic carbocycles. The minimum absolute atomic E-state index is 0.300. The summed E-state index contributed by atoms with van der Waals surface area (Å²) in [5.41, 5.74) is 4.67. The molecule has 3 nitrogen and oxygen atoms in total. The van der Waals surface area contributed by atoms with E-state index in [1.54, 1.807) is 6.07 Å². The Hall–Kier alpha value is -2.20. The normalized spacial score (nSPS) is 13.9. The maximum absolute atomic E-state index is 13.1. The minimum atomic E-state index is -0.300. The maximum Gasteiger partial charge on any atom is 0.227 e. The van der Waals surface area contributed by atoms with Gasteiger partial charge < -0.3 is 9.73 Å². The Bertz CT molecular complexity index is 779. The van der Waals surface area contributed by atoms with Crippen molar-refractivity contribution < 1.29 is 8.81 Å². The summed E-state index contributed by atoms with van der Waals surface area (Å²) < 4.78 is 18.8. The predicted octanol–water partition coefficient (Wildman–Crippen LogP) is 3.24. The van der Waals surface area contributed by atoms with E-state index in [1.807, 2.05) is 6.07 Å². The van der Waals surface area contributed by atoms with Gasteiger partial charge in [-0.15, -0.1) is 0 Å². The van der Waals surface area contributed by atoms with Crippen LogP contribution in [0, 0.1) is 5.82 Å². The van der Waals surface area contributed by atoms with Gasteiger partial charge in [0.1, 0.15) is 11.3 Å². The third-order valence-electron chi connectivity index (χ3n) is 3.43. The number of fused-ring (bicyclic) bond motifs is 2. The molecule has 4 heteroatoms. The molecule has 1 aliphatic heterocycles. The topological polar surface area (TPSA) is 38.1 Å². The minimum Gasteiger partial charge on any atom is -0.436 e. The lowest BCUT2D eigenvalue weighted by Crippen LogP contribution is -1.99. The first-order valence-corrected chi connectivity index (χ1v) is 6.18. The SMILES string of the molecule is Fc1ccc2oc(-c3ccc4c(c3)CNC4)nc2c1. The van der Waals surface area contributed by atoms with Crippen molar-refractivity contribution in [3.63, 3.8) is 0 Å². The van der Waals surface area contributed by atoms with Gasteiger partial charge in [-0.3, -0.25) is 0 Å². The Kier molecular flexibility index (Phi) is 2.19. The fraction of sp³-hybridized carbons (Fsp3) is 0.133. The molecule has 0 unspecified atom stereocenters. The lowest BCUT2D eigenvalue weighted by Gasteiger charge is -1.99. The molecule has 19 heavy (non-hydrogen) atoms. The summed E-state index contributed by atoms with van der Waals surface area (Å²) in [5, 5.41) is 3.30. The van der Waals surface area contributed by atoms with Crippen molar-refractivity contribution in [1.29, 1.82) is 0 Å². The standard InChI is InChI=1S/C15H11FN2O/c16-12-3-4-14-13(6-12)18-15(19-14)9-1-2-10-7-17-8-11(10)5-9/h1-6,17H,7-8H2. The number of rotatable bonds is 1. The van der Waals surface area contributed by atoms with Crippen LogP contribution in [0.3, 0.4) is 0 Å². The number of benzene rings is 2. The summed E-state index contributed by atoms with van der Waals surface area (Å²) >= 11 is 0. The Morgan fingerprint density at radius 1 is 1.05 bits per heavy atom. The van der Waals surface area contributed by atoms with Crippen molar-refractivity contribution in [1.82, 2.24) is 10.3 Å². The van der Waals surface area contributed by atoms with Gasteiger partial charge in [0.05, 0.1) is 0 Å². The zero-order valence-electron chi connectivity index (χ0n) is 10.1. The van der Waals surface area contributed by atoms with E-state index < -0.39 is 0 Å². The summed E-state index contributed by atoms with van der Waals surface area (Å²) in [5.74, 6) is 0.237. The molecular formula is C15H11FN2O. The largest absolute Gasteiger partial charge is 0.436 e. The third-order valence-corrected chi connectivity index (χ3v) is 3.43. The monoisotopic (exact) mass is 254 g/mol. The van der Waals surface area contributed by atoms with Gasteiger partial charge in [-0.25, -0.2) is 9.37 Å². The zero-order valence-corrected chi connectivity index (χ0v) is 10.1. The van der Waals surface area contributed by atoms with Crippen LogP contribution in [-0.4, -0.2) is 4.98 Å². The molecule has 0 saturated heterocycles. The molecule has 2 heterocycles. The van der Waals surface area contributed by atoms with E-state index in [1.165, 1.54) is 23.3 Å². The molecule has 0 amide bonds. The van der Waals surface area contributed by atoms with Crippen LogP contribution in [0.25, 0.3) is 22.6 Å². The van der Waals surface area contributed by atoms with E-state index in [0.29, 0.717) is 17.0 Å². The Morgan fingerprint density at radius 3 is 2.89 bits per heavy atom. The second kappa shape index (κ2) is 3.90. The first-order chi connectivity index (χ1) is 9.29. The van der Waals surface area contributed by atoms with Crippen molar-refractivity contribution in [2.45, 2.75) is 13.1 Å². The van der Waals surface area contributed by atoms with Gasteiger partial charge >= 0.3 is 0 Å². The van der Waals surface area contributed by atoms with E-state index in [9.17, 15) is 4.39 Å². The summed E-state index contributed by atoms with van der Waals surface area (Å²) in [6.45, 7) is 1.78. The van der Waals surface area contributed by atoms with Crippen molar-refractivity contribution in [2.24, 2.45) is 0 Å². The smallest absolute Gasteiger partial charge is 0.227 e. The number of nitrogens with one attached hydrogen (secondary N) is 1. The van der Waals surface area contributed by atoms with Crippen LogP contribution in [-0.2, 0) is 13.1 Å². The number of hydrogen-bond donors (Lipinski definition) is 1. The Morgan fingerprint density at radius 2 is 1.95 bits per heavy atom. The van der Waals surface area contributed by atoms with Gasteiger partial charge in [-0.2, -0.15) is 0 Å². The lowest BCUT2D eigenvalue weighted by atomic mass is 10.1. The molecule has 1 N–H and O–H groups in total. The molecule has 0 saturated carbocycles. The average molecular weight is 254 g/mol. The van der Waals surface area contributed by atoms with Crippen LogP contribution in [0.2, 0.25) is 0 Å². The number of nitrogens with zero attached hydrogens (tertiary/aromatic N) is 1. The van der Waals surface area contributed by atoms with Gasteiger partial charge in [0, 0.05) is 24.7 Å². The first kappa shape index (κ1) is 10.7. The molecule has 0 spiro atoms. The molecular weight excluding hydrogens is 243 g/mol. The summed E-state index contributed by atoms with van der Waals surface area (Å²) in [6.07, 6.45) is 0. The van der Waals surface area contributed by atoms with Gasteiger partial charge in [-0.05, 0) is 35.4 Å². The summed E-state index contributed by atoms with van der Waals surface area (Å²) in [4.78, 5) is 4.34. The number of hydrogen-bond acceptors (Lipinski definition) is 3. The molecule has 1 aromatic heterocycles. The molecule has 4 rings (SSSR count). The molecule has 0 atom stereocenters.